The second-order valence-corrected chi connectivity index (χ2v) is 20.2. The number of aromatic nitrogens is 1. The maximum absolute atomic E-state index is 7.31. The molecule has 66 heavy (non-hydrogen) atoms. The van der Waals surface area contributed by atoms with Crippen LogP contribution >= 0.6 is 22.6 Å². The first kappa shape index (κ1) is 41.3. The minimum absolute atomic E-state index is 0.280. The first-order valence-electron chi connectivity index (χ1n) is 24.3. The van der Waals surface area contributed by atoms with Crippen molar-refractivity contribution < 1.29 is 4.42 Å². The number of furan rings is 1. The van der Waals surface area contributed by atoms with Crippen LogP contribution in [0.1, 0.15) is 81.2 Å². The molecule has 3 aliphatic carbocycles. The van der Waals surface area contributed by atoms with Crippen LogP contribution in [0.2, 0.25) is 0 Å². The predicted molar refractivity (Wildman–Crippen MR) is 286 cm³/mol. The van der Waals surface area contributed by atoms with Crippen LogP contribution < -0.4 is 4.90 Å². The molecule has 0 radical (unpaired) electrons. The van der Waals surface area contributed by atoms with E-state index in [4.69, 9.17) is 4.42 Å². The molecule has 7 aromatic carbocycles. The third kappa shape index (κ3) is 6.34. The van der Waals surface area contributed by atoms with Crippen LogP contribution in [0.15, 0.2) is 180 Å². The number of aryl methyl sites for hydroxylation is 1. The van der Waals surface area contributed by atoms with Gasteiger partial charge in [0.15, 0.2) is 5.58 Å². The Balaban J connectivity index is 1.20. The van der Waals surface area contributed by atoms with Crippen LogP contribution in [0.4, 0.5) is 17.1 Å². The molecule has 1 saturated carbocycles. The SMILES string of the molecule is CCCc1c(C)n(-c2ccccc2)c2ccc(N(c3ccc(-c4ccccc4)c(I)c3)c3cc4c(c5c3oc3ccccc35)-c3ccccc3C4(C3=CC=CCC3C)C3CCCCC3)cc12. The Bertz CT molecular complexity index is 3380. The summed E-state index contributed by atoms with van der Waals surface area (Å²) < 4.78 is 11.0. The number of allylic oxidation sites excluding steroid dienone is 4. The van der Waals surface area contributed by atoms with E-state index in [9.17, 15) is 0 Å². The van der Waals surface area contributed by atoms with Gasteiger partial charge in [-0.3, -0.25) is 0 Å². The molecule has 0 saturated heterocycles. The fourth-order valence-corrected chi connectivity index (χ4v) is 13.4. The van der Waals surface area contributed by atoms with Gasteiger partial charge in [-0.25, -0.2) is 0 Å². The molecule has 0 spiro atoms. The summed E-state index contributed by atoms with van der Waals surface area (Å²) in [5.74, 6) is 0.890. The monoisotopic (exact) mass is 970 g/mol. The summed E-state index contributed by atoms with van der Waals surface area (Å²) >= 11 is 2.56. The Morgan fingerprint density at radius 2 is 1.45 bits per heavy atom. The minimum Gasteiger partial charge on any atom is -0.454 e. The highest BCUT2D eigenvalue weighted by atomic mass is 127. The van der Waals surface area contributed by atoms with Crippen molar-refractivity contribution >= 4 is 72.5 Å². The maximum atomic E-state index is 7.31. The average Bonchev–Trinajstić information content (AvgIpc) is 3.98. The lowest BCUT2D eigenvalue weighted by atomic mass is 9.57. The van der Waals surface area contributed by atoms with E-state index in [0.717, 1.165) is 47.5 Å². The molecule has 2 unspecified atom stereocenters. The first-order chi connectivity index (χ1) is 32.5. The van der Waals surface area contributed by atoms with Gasteiger partial charge in [0, 0.05) is 47.9 Å². The summed E-state index contributed by atoms with van der Waals surface area (Å²) in [6.07, 6.45) is 16.7. The summed E-state index contributed by atoms with van der Waals surface area (Å²) in [4.78, 5) is 2.54. The van der Waals surface area contributed by atoms with Gasteiger partial charge >= 0.3 is 0 Å². The fraction of sp³-hybridized carbons (Fsp3) is 0.226. The van der Waals surface area contributed by atoms with Crippen LogP contribution in [0.3, 0.4) is 0 Å². The van der Waals surface area contributed by atoms with E-state index in [1.54, 1.807) is 5.57 Å². The summed E-state index contributed by atoms with van der Waals surface area (Å²) in [5.41, 5.74) is 19.7. The third-order valence-corrected chi connectivity index (χ3v) is 16.3. The lowest BCUT2D eigenvalue weighted by Crippen LogP contribution is -2.40. The van der Waals surface area contributed by atoms with Gasteiger partial charge in [0.25, 0.3) is 0 Å². The molecule has 2 aromatic heterocycles. The highest BCUT2D eigenvalue weighted by Gasteiger charge is 2.53. The third-order valence-electron chi connectivity index (χ3n) is 15.4. The molecule has 3 aliphatic rings. The molecule has 4 heteroatoms. The van der Waals surface area contributed by atoms with Crippen molar-refractivity contribution in [2.24, 2.45) is 11.8 Å². The molecular weight excluding hydrogens is 916 g/mol. The van der Waals surface area contributed by atoms with Gasteiger partial charge < -0.3 is 13.9 Å². The zero-order chi connectivity index (χ0) is 44.5. The number of fused-ring (bicyclic) bond motifs is 8. The molecule has 0 bridgehead atoms. The standard InChI is InChI=1S/C62H55IN2O/c1-4-20-47-41(3)64(44-26-12-7-13-27-44)56-36-34-45(37-51(47)56)65(46-33-35-48(55(63)38-46)42-22-8-5-9-23-42)57-39-54-59(60-50-29-16-19-32-58(50)66-61(57)60)49-28-15-18-31-53(49)62(54,43-24-10-6-11-25-43)52-30-17-14-21-40(52)2/h5,7-9,12-19,22-23,26-40,43H,4,6,10-11,20-21,24-25H2,1-3H3. The van der Waals surface area contributed by atoms with Crippen molar-refractivity contribution in [2.45, 2.75) is 77.6 Å². The van der Waals surface area contributed by atoms with Gasteiger partial charge in [-0.05, 0) is 161 Å². The number of para-hydroxylation sites is 2. The zero-order valence-corrected chi connectivity index (χ0v) is 40.3. The molecule has 326 valence electrons. The van der Waals surface area contributed by atoms with Crippen molar-refractivity contribution in [3.63, 3.8) is 0 Å². The van der Waals surface area contributed by atoms with Crippen molar-refractivity contribution in [2.75, 3.05) is 4.90 Å². The number of nitrogens with zero attached hydrogens (tertiary/aromatic N) is 2. The van der Waals surface area contributed by atoms with Gasteiger partial charge in [0.2, 0.25) is 0 Å². The number of anilines is 3. The lowest BCUT2D eigenvalue weighted by molar-refractivity contribution is 0.258. The maximum Gasteiger partial charge on any atom is 0.160 e. The molecule has 0 aliphatic heterocycles. The normalized spacial score (nSPS) is 18.2. The summed E-state index contributed by atoms with van der Waals surface area (Å²) in [6, 6.07) is 56.7. The van der Waals surface area contributed by atoms with Crippen LogP contribution in [-0.2, 0) is 11.8 Å². The van der Waals surface area contributed by atoms with E-state index in [0.29, 0.717) is 11.8 Å². The highest BCUT2D eigenvalue weighted by Crippen LogP contribution is 2.64. The van der Waals surface area contributed by atoms with E-state index < -0.39 is 0 Å². The number of halogens is 1. The number of rotatable bonds is 9. The Morgan fingerprint density at radius 3 is 2.24 bits per heavy atom. The topological polar surface area (TPSA) is 21.3 Å². The lowest BCUT2D eigenvalue weighted by Gasteiger charge is -2.46. The number of hydrogen-bond donors (Lipinski definition) is 0. The van der Waals surface area contributed by atoms with Crippen LogP contribution in [0.25, 0.3) is 60.8 Å². The van der Waals surface area contributed by atoms with Crippen molar-refractivity contribution in [3.8, 4) is 27.9 Å². The van der Waals surface area contributed by atoms with E-state index in [2.05, 4.69) is 223 Å². The van der Waals surface area contributed by atoms with Gasteiger partial charge in [-0.1, -0.05) is 160 Å². The van der Waals surface area contributed by atoms with E-state index in [1.165, 1.54) is 108 Å². The predicted octanol–water partition coefficient (Wildman–Crippen LogP) is 17.9. The van der Waals surface area contributed by atoms with Gasteiger partial charge in [0.05, 0.1) is 11.2 Å². The number of benzene rings is 7. The Labute approximate surface area is 402 Å². The van der Waals surface area contributed by atoms with Crippen LogP contribution in [0.5, 0.6) is 0 Å². The van der Waals surface area contributed by atoms with Crippen molar-refractivity contribution in [3.05, 3.63) is 201 Å². The van der Waals surface area contributed by atoms with Gasteiger partial charge in [-0.2, -0.15) is 0 Å². The molecular formula is C62H55IN2O. The highest BCUT2D eigenvalue weighted by molar-refractivity contribution is 14.1. The molecule has 12 rings (SSSR count). The van der Waals surface area contributed by atoms with E-state index in [-0.39, 0.29) is 5.41 Å². The summed E-state index contributed by atoms with van der Waals surface area (Å²) in [7, 11) is 0. The second kappa shape index (κ2) is 16.6. The smallest absolute Gasteiger partial charge is 0.160 e. The molecule has 9 aromatic rings. The van der Waals surface area contributed by atoms with Crippen molar-refractivity contribution in [1.82, 2.24) is 4.57 Å². The van der Waals surface area contributed by atoms with E-state index >= 15 is 0 Å². The molecule has 2 atom stereocenters. The van der Waals surface area contributed by atoms with Gasteiger partial charge in [-0.15, -0.1) is 0 Å². The minimum atomic E-state index is -0.280. The molecule has 0 N–H and O–H groups in total. The Hall–Kier alpha value is -6.11. The van der Waals surface area contributed by atoms with Crippen LogP contribution in [-0.4, -0.2) is 4.57 Å². The van der Waals surface area contributed by atoms with Crippen LogP contribution in [0, 0.1) is 22.3 Å². The molecule has 1 fully saturated rings. The second-order valence-electron chi connectivity index (χ2n) is 19.0. The molecule has 2 heterocycles. The zero-order valence-electron chi connectivity index (χ0n) is 38.2. The van der Waals surface area contributed by atoms with E-state index in [1.807, 2.05) is 0 Å². The van der Waals surface area contributed by atoms with Gasteiger partial charge in [0.1, 0.15) is 5.58 Å². The largest absolute Gasteiger partial charge is 0.454 e. The Kier molecular flexibility index (Phi) is 10.4. The summed E-state index contributed by atoms with van der Waals surface area (Å²) in [5, 5.41) is 3.70. The first-order valence-corrected chi connectivity index (χ1v) is 25.4. The fourth-order valence-electron chi connectivity index (χ4n) is 12.6. The molecule has 0 amide bonds. The average molecular weight is 971 g/mol. The van der Waals surface area contributed by atoms with Crippen molar-refractivity contribution in [1.29, 1.82) is 0 Å². The summed E-state index contributed by atoms with van der Waals surface area (Å²) in [6.45, 7) is 7.08. The Morgan fingerprint density at radius 1 is 0.727 bits per heavy atom. The quantitative estimate of drug-likeness (QED) is 0.134. The molecule has 3 nitrogen and oxygen atoms in total. The number of hydrogen-bond acceptors (Lipinski definition) is 2.